The van der Waals surface area contributed by atoms with Crippen molar-refractivity contribution in [3.05, 3.63) is 35.4 Å². The number of benzene rings is 1. The number of guanidine groups is 1. The molecule has 1 unspecified atom stereocenters. The molecule has 1 aromatic rings. The van der Waals surface area contributed by atoms with Crippen molar-refractivity contribution in [2.24, 2.45) is 4.99 Å². The van der Waals surface area contributed by atoms with Crippen LogP contribution in [0.15, 0.2) is 29.3 Å². The molecule has 1 atom stereocenters. The molecule has 0 aliphatic carbocycles. The molecule has 0 spiro atoms. The Morgan fingerprint density at radius 1 is 1.15 bits per heavy atom. The highest BCUT2D eigenvalue weighted by Gasteiger charge is 2.16. The molecule has 6 nitrogen and oxygen atoms in total. The van der Waals surface area contributed by atoms with E-state index in [1.165, 1.54) is 11.1 Å². The van der Waals surface area contributed by atoms with Gasteiger partial charge < -0.3 is 20.9 Å². The topological polar surface area (TPSA) is 68.8 Å². The second kappa shape index (κ2) is 10.2. The van der Waals surface area contributed by atoms with Crippen molar-refractivity contribution >= 4 is 11.9 Å². The molecule has 0 bridgehead atoms. The Hall–Kier alpha value is -2.08. The third-order valence-corrected chi connectivity index (χ3v) is 4.01. The van der Waals surface area contributed by atoms with E-state index in [2.05, 4.69) is 71.1 Å². The minimum atomic E-state index is -0.240. The first-order valence-electron chi connectivity index (χ1n) is 9.17. The molecule has 3 N–H and O–H groups in total. The molecule has 0 aliphatic rings. The molecule has 0 saturated carbocycles. The van der Waals surface area contributed by atoms with Crippen LogP contribution in [0.5, 0.6) is 0 Å². The zero-order chi connectivity index (χ0) is 19.7. The maximum Gasteiger partial charge on any atom is 0.239 e. The van der Waals surface area contributed by atoms with Crippen LogP contribution in [0, 0.1) is 0 Å². The van der Waals surface area contributed by atoms with Gasteiger partial charge in [-0.25, -0.2) is 0 Å². The summed E-state index contributed by atoms with van der Waals surface area (Å²) in [5, 5.41) is 9.30. The lowest BCUT2D eigenvalue weighted by Gasteiger charge is -2.26. The van der Waals surface area contributed by atoms with Gasteiger partial charge in [-0.15, -0.1) is 0 Å². The fraction of sp³-hybridized carbons (Fsp3) is 0.600. The minimum absolute atomic E-state index is 0.0558. The Morgan fingerprint density at radius 3 is 2.23 bits per heavy atom. The Kier molecular flexibility index (Phi) is 8.58. The van der Waals surface area contributed by atoms with Gasteiger partial charge in [-0.2, -0.15) is 0 Å². The number of likely N-dealkylation sites (N-methyl/N-ethyl adjacent to an activating group) is 1. The third kappa shape index (κ3) is 7.87. The van der Waals surface area contributed by atoms with Gasteiger partial charge in [0.25, 0.3) is 0 Å². The summed E-state index contributed by atoms with van der Waals surface area (Å²) < 4.78 is 0. The molecule has 1 aromatic carbocycles. The summed E-state index contributed by atoms with van der Waals surface area (Å²) in [6.45, 7) is 8.93. The maximum atomic E-state index is 11.9. The minimum Gasteiger partial charge on any atom is -0.354 e. The average molecular weight is 362 g/mol. The SMILES string of the molecule is CCc1ccc(C(CNC(=NC)NCC(=O)NC(C)(C)C)N(C)C)cc1. The second-order valence-electron chi connectivity index (χ2n) is 7.68. The molecule has 26 heavy (non-hydrogen) atoms. The monoisotopic (exact) mass is 361 g/mol. The largest absolute Gasteiger partial charge is 0.354 e. The van der Waals surface area contributed by atoms with Crippen molar-refractivity contribution in [3.8, 4) is 0 Å². The van der Waals surface area contributed by atoms with E-state index < -0.39 is 0 Å². The van der Waals surface area contributed by atoms with Crippen LogP contribution < -0.4 is 16.0 Å². The lowest BCUT2D eigenvalue weighted by atomic mass is 10.0. The van der Waals surface area contributed by atoms with E-state index >= 15 is 0 Å². The van der Waals surface area contributed by atoms with Gasteiger partial charge in [0.2, 0.25) is 5.91 Å². The van der Waals surface area contributed by atoms with E-state index in [0.29, 0.717) is 12.5 Å². The number of amides is 1. The van der Waals surface area contributed by atoms with Gasteiger partial charge in [-0.05, 0) is 52.4 Å². The Morgan fingerprint density at radius 2 is 1.77 bits per heavy atom. The van der Waals surface area contributed by atoms with Crippen molar-refractivity contribution in [1.82, 2.24) is 20.9 Å². The van der Waals surface area contributed by atoms with Gasteiger partial charge in [0.15, 0.2) is 5.96 Å². The van der Waals surface area contributed by atoms with Crippen LogP contribution in [-0.2, 0) is 11.2 Å². The maximum absolute atomic E-state index is 11.9. The molecule has 0 aliphatic heterocycles. The van der Waals surface area contributed by atoms with Gasteiger partial charge in [0.05, 0.1) is 12.6 Å². The van der Waals surface area contributed by atoms with Gasteiger partial charge in [0, 0.05) is 19.1 Å². The fourth-order valence-corrected chi connectivity index (χ4v) is 2.61. The third-order valence-electron chi connectivity index (χ3n) is 4.01. The Bertz CT molecular complexity index is 587. The van der Waals surface area contributed by atoms with E-state index in [1.54, 1.807) is 7.05 Å². The number of carbonyl (C=O) groups excluding carboxylic acids is 1. The number of carbonyl (C=O) groups is 1. The molecule has 146 valence electrons. The summed E-state index contributed by atoms with van der Waals surface area (Å²) in [4.78, 5) is 18.3. The van der Waals surface area contributed by atoms with Gasteiger partial charge in [-0.3, -0.25) is 9.79 Å². The molecule has 0 saturated heterocycles. The highest BCUT2D eigenvalue weighted by atomic mass is 16.2. The number of nitrogens with one attached hydrogen (secondary N) is 3. The van der Waals surface area contributed by atoms with Gasteiger partial charge >= 0.3 is 0 Å². The van der Waals surface area contributed by atoms with Crippen molar-refractivity contribution in [2.45, 2.75) is 45.7 Å². The Balaban J connectivity index is 2.61. The summed E-state index contributed by atoms with van der Waals surface area (Å²) in [7, 11) is 5.83. The number of aliphatic imine (C=N–C) groups is 1. The summed E-state index contributed by atoms with van der Waals surface area (Å²) in [6, 6.07) is 8.92. The molecule has 6 heteroatoms. The van der Waals surface area contributed by atoms with Crippen LogP contribution in [0.1, 0.15) is 44.9 Å². The molecular weight excluding hydrogens is 326 g/mol. The zero-order valence-corrected chi connectivity index (χ0v) is 17.3. The molecule has 0 heterocycles. The van der Waals surface area contributed by atoms with Crippen molar-refractivity contribution in [1.29, 1.82) is 0 Å². The normalized spacial score (nSPS) is 13.5. The number of nitrogens with zero attached hydrogens (tertiary/aromatic N) is 2. The summed E-state index contributed by atoms with van der Waals surface area (Å²) in [5.41, 5.74) is 2.35. The quantitative estimate of drug-likeness (QED) is 0.513. The van der Waals surface area contributed by atoms with Gasteiger partial charge in [0.1, 0.15) is 0 Å². The van der Waals surface area contributed by atoms with Crippen LogP contribution in [0.25, 0.3) is 0 Å². The molecule has 0 radical (unpaired) electrons. The van der Waals surface area contributed by atoms with E-state index in [4.69, 9.17) is 0 Å². The van der Waals surface area contributed by atoms with Gasteiger partial charge in [-0.1, -0.05) is 31.2 Å². The number of hydrogen-bond donors (Lipinski definition) is 3. The van der Waals surface area contributed by atoms with Crippen LogP contribution in [0.3, 0.4) is 0 Å². The molecule has 1 rings (SSSR count). The smallest absolute Gasteiger partial charge is 0.239 e. The van der Waals surface area contributed by atoms with E-state index in [9.17, 15) is 4.79 Å². The van der Waals surface area contributed by atoms with Crippen LogP contribution in [0.4, 0.5) is 0 Å². The fourth-order valence-electron chi connectivity index (χ4n) is 2.61. The summed E-state index contributed by atoms with van der Waals surface area (Å²) >= 11 is 0. The molecule has 1 amide bonds. The number of aryl methyl sites for hydroxylation is 1. The van der Waals surface area contributed by atoms with Crippen LogP contribution in [-0.4, -0.2) is 56.5 Å². The van der Waals surface area contributed by atoms with Crippen LogP contribution in [0.2, 0.25) is 0 Å². The Labute approximate surface area is 158 Å². The molecular formula is C20H35N5O. The predicted molar refractivity (Wildman–Crippen MR) is 110 cm³/mol. The summed E-state index contributed by atoms with van der Waals surface area (Å²) in [5.74, 6) is 0.561. The zero-order valence-electron chi connectivity index (χ0n) is 17.3. The number of hydrogen-bond acceptors (Lipinski definition) is 3. The number of rotatable bonds is 7. The lowest BCUT2D eigenvalue weighted by molar-refractivity contribution is -0.121. The first-order valence-corrected chi connectivity index (χ1v) is 9.17. The van der Waals surface area contributed by atoms with E-state index in [0.717, 1.165) is 6.42 Å². The first-order chi connectivity index (χ1) is 12.2. The standard InChI is InChI=1S/C20H35N5O/c1-8-15-9-11-16(12-10-15)17(25(6)7)13-22-19(21-5)23-14-18(26)24-20(2,3)4/h9-12,17H,8,13-14H2,1-7H3,(H,24,26)(H2,21,22,23). The predicted octanol–water partition coefficient (Wildman–Crippen LogP) is 1.93. The van der Waals surface area contributed by atoms with Crippen molar-refractivity contribution in [3.63, 3.8) is 0 Å². The van der Waals surface area contributed by atoms with Crippen LogP contribution >= 0.6 is 0 Å². The summed E-state index contributed by atoms with van der Waals surface area (Å²) in [6.07, 6.45) is 1.04. The highest BCUT2D eigenvalue weighted by Crippen LogP contribution is 2.18. The first kappa shape index (κ1) is 22.0. The lowest BCUT2D eigenvalue weighted by Crippen LogP contribution is -2.49. The molecule has 0 aromatic heterocycles. The van der Waals surface area contributed by atoms with Crippen molar-refractivity contribution in [2.75, 3.05) is 34.2 Å². The molecule has 0 fully saturated rings. The van der Waals surface area contributed by atoms with Crippen molar-refractivity contribution < 1.29 is 4.79 Å². The van der Waals surface area contributed by atoms with E-state index in [1.807, 2.05) is 20.8 Å². The average Bonchev–Trinajstić information content (AvgIpc) is 2.56. The second-order valence-corrected chi connectivity index (χ2v) is 7.68. The highest BCUT2D eigenvalue weighted by molar-refractivity contribution is 5.86. The van der Waals surface area contributed by atoms with E-state index in [-0.39, 0.29) is 24.0 Å².